The van der Waals surface area contributed by atoms with Crippen LogP contribution in [0.2, 0.25) is 0 Å². The molecule has 8 heteroatoms. The molecular formula is C23H23N7O. The second-order valence-electron chi connectivity index (χ2n) is 7.71. The summed E-state index contributed by atoms with van der Waals surface area (Å²) in [5.41, 5.74) is 4.34. The minimum absolute atomic E-state index is 0.123. The third-order valence-corrected chi connectivity index (χ3v) is 5.65. The topological polar surface area (TPSA) is 73.8 Å². The van der Waals surface area contributed by atoms with Gasteiger partial charge in [0.15, 0.2) is 0 Å². The van der Waals surface area contributed by atoms with Crippen molar-refractivity contribution in [2.45, 2.75) is 13.5 Å². The van der Waals surface area contributed by atoms with Crippen LogP contribution in [-0.2, 0) is 13.6 Å². The Balaban J connectivity index is 1.80. The number of benzene rings is 1. The van der Waals surface area contributed by atoms with E-state index >= 15 is 0 Å². The number of nitrogens with zero attached hydrogens (tertiary/aromatic N) is 7. The van der Waals surface area contributed by atoms with Crippen LogP contribution < -0.4 is 10.6 Å². The smallest absolute Gasteiger partial charge is 0.334 e. The summed E-state index contributed by atoms with van der Waals surface area (Å²) < 4.78 is 5.18. The first kappa shape index (κ1) is 19.0. The molecule has 5 aromatic rings. The van der Waals surface area contributed by atoms with Crippen LogP contribution >= 0.6 is 0 Å². The lowest BCUT2D eigenvalue weighted by Crippen LogP contribution is -2.23. The molecule has 0 fully saturated rings. The average Bonchev–Trinajstić information content (AvgIpc) is 3.36. The molecule has 0 aliphatic heterocycles. The van der Waals surface area contributed by atoms with Gasteiger partial charge in [0.05, 0.1) is 28.9 Å². The lowest BCUT2D eigenvalue weighted by molar-refractivity contribution is 0.634. The monoisotopic (exact) mass is 413 g/mol. The first-order chi connectivity index (χ1) is 15.0. The number of aryl methyl sites for hydroxylation is 2. The molecule has 0 bridgehead atoms. The van der Waals surface area contributed by atoms with E-state index in [4.69, 9.17) is 0 Å². The number of hydrogen-bond acceptors (Lipinski definition) is 5. The van der Waals surface area contributed by atoms with Gasteiger partial charge in [0.1, 0.15) is 11.6 Å². The van der Waals surface area contributed by atoms with Gasteiger partial charge in [-0.2, -0.15) is 5.10 Å². The van der Waals surface area contributed by atoms with E-state index in [1.165, 1.54) is 0 Å². The standard InChI is InChI=1S/C23H23N7O/c1-5-29-21(10-11-26-29)30-22-17-12-15(16-7-9-20(25-13-16)27(2)3)6-8-18(17)24-14-19(22)28(4)23(30)31/h6-14H,5H2,1-4H3. The summed E-state index contributed by atoms with van der Waals surface area (Å²) in [6.07, 6.45) is 5.35. The molecule has 0 radical (unpaired) electrons. The molecule has 0 aliphatic carbocycles. The van der Waals surface area contributed by atoms with Crippen LogP contribution in [0.3, 0.4) is 0 Å². The maximum Gasteiger partial charge on any atom is 0.334 e. The van der Waals surface area contributed by atoms with Crippen molar-refractivity contribution in [3.63, 3.8) is 0 Å². The molecule has 4 aromatic heterocycles. The highest BCUT2D eigenvalue weighted by atomic mass is 16.1. The van der Waals surface area contributed by atoms with E-state index < -0.39 is 0 Å². The van der Waals surface area contributed by atoms with E-state index in [1.807, 2.05) is 61.1 Å². The maximum absolute atomic E-state index is 13.2. The summed E-state index contributed by atoms with van der Waals surface area (Å²) >= 11 is 0. The maximum atomic E-state index is 13.2. The fourth-order valence-corrected chi connectivity index (χ4v) is 3.97. The Morgan fingerprint density at radius 1 is 1.00 bits per heavy atom. The molecule has 5 rings (SSSR count). The predicted molar refractivity (Wildman–Crippen MR) is 123 cm³/mol. The third kappa shape index (κ3) is 2.91. The Labute approximate surface area is 179 Å². The Morgan fingerprint density at radius 2 is 1.81 bits per heavy atom. The highest BCUT2D eigenvalue weighted by Crippen LogP contribution is 2.30. The molecule has 0 spiro atoms. The second kappa shape index (κ2) is 7.09. The van der Waals surface area contributed by atoms with E-state index in [-0.39, 0.29) is 5.69 Å². The van der Waals surface area contributed by atoms with Crippen molar-refractivity contribution in [3.8, 4) is 16.9 Å². The Bertz CT molecular complexity index is 1470. The van der Waals surface area contributed by atoms with E-state index in [9.17, 15) is 4.79 Å². The quantitative estimate of drug-likeness (QED) is 0.452. The van der Waals surface area contributed by atoms with Crippen LogP contribution in [0.15, 0.2) is 59.8 Å². The first-order valence-corrected chi connectivity index (χ1v) is 10.2. The van der Waals surface area contributed by atoms with Gasteiger partial charge in [-0.15, -0.1) is 0 Å². The third-order valence-electron chi connectivity index (χ3n) is 5.65. The van der Waals surface area contributed by atoms with Crippen molar-refractivity contribution in [1.29, 1.82) is 0 Å². The summed E-state index contributed by atoms with van der Waals surface area (Å²) in [5.74, 6) is 1.64. The molecule has 156 valence electrons. The molecule has 0 N–H and O–H groups in total. The summed E-state index contributed by atoms with van der Waals surface area (Å²) in [7, 11) is 5.71. The predicted octanol–water partition coefficient (Wildman–Crippen LogP) is 3.22. The SMILES string of the molecule is CCn1nccc1-n1c(=O)n(C)c2cnc3ccc(-c4ccc(N(C)C)nc4)cc3c21. The van der Waals surface area contributed by atoms with Gasteiger partial charge in [-0.1, -0.05) is 6.07 Å². The van der Waals surface area contributed by atoms with Gasteiger partial charge < -0.3 is 4.90 Å². The normalized spacial score (nSPS) is 11.5. The lowest BCUT2D eigenvalue weighted by Gasteiger charge is -2.12. The zero-order valence-corrected chi connectivity index (χ0v) is 17.9. The molecular weight excluding hydrogens is 390 g/mol. The number of imidazole rings is 1. The van der Waals surface area contributed by atoms with Crippen LogP contribution in [0.1, 0.15) is 6.92 Å². The second-order valence-corrected chi connectivity index (χ2v) is 7.71. The van der Waals surface area contributed by atoms with Crippen LogP contribution in [0.5, 0.6) is 0 Å². The molecule has 1 aromatic carbocycles. The fraction of sp³-hybridized carbons (Fsp3) is 0.217. The van der Waals surface area contributed by atoms with Gasteiger partial charge in [-0.3, -0.25) is 9.55 Å². The van der Waals surface area contributed by atoms with E-state index in [0.29, 0.717) is 6.54 Å². The molecule has 8 nitrogen and oxygen atoms in total. The number of hydrogen-bond donors (Lipinski definition) is 0. The van der Waals surface area contributed by atoms with Crippen LogP contribution in [0, 0.1) is 0 Å². The van der Waals surface area contributed by atoms with Crippen LogP contribution in [0.25, 0.3) is 38.9 Å². The van der Waals surface area contributed by atoms with Crippen molar-refractivity contribution in [2.24, 2.45) is 7.05 Å². The zero-order valence-electron chi connectivity index (χ0n) is 17.9. The van der Waals surface area contributed by atoms with E-state index in [0.717, 1.165) is 44.7 Å². The molecule has 31 heavy (non-hydrogen) atoms. The fourth-order valence-electron chi connectivity index (χ4n) is 3.97. The molecule has 0 aliphatic rings. The Hall–Kier alpha value is -3.94. The Kier molecular flexibility index (Phi) is 4.35. The van der Waals surface area contributed by atoms with Crippen LogP contribution in [0.4, 0.5) is 5.82 Å². The van der Waals surface area contributed by atoms with E-state index in [2.05, 4.69) is 27.2 Å². The van der Waals surface area contributed by atoms with Gasteiger partial charge in [0.2, 0.25) is 0 Å². The number of anilines is 1. The van der Waals surface area contributed by atoms with Crippen molar-refractivity contribution in [1.82, 2.24) is 28.9 Å². The average molecular weight is 413 g/mol. The van der Waals surface area contributed by atoms with Gasteiger partial charge in [0, 0.05) is 50.9 Å². The summed E-state index contributed by atoms with van der Waals surface area (Å²) in [5, 5.41) is 5.27. The van der Waals surface area contributed by atoms with Gasteiger partial charge in [-0.25, -0.2) is 19.0 Å². The van der Waals surface area contributed by atoms with Crippen molar-refractivity contribution < 1.29 is 0 Å². The van der Waals surface area contributed by atoms with E-state index in [1.54, 1.807) is 28.6 Å². The molecule has 4 heterocycles. The first-order valence-electron chi connectivity index (χ1n) is 10.2. The molecule has 0 atom stereocenters. The van der Waals surface area contributed by atoms with Gasteiger partial charge >= 0.3 is 5.69 Å². The Morgan fingerprint density at radius 3 is 2.52 bits per heavy atom. The van der Waals surface area contributed by atoms with Crippen molar-refractivity contribution in [3.05, 3.63) is 65.5 Å². The molecule has 0 saturated heterocycles. The lowest BCUT2D eigenvalue weighted by atomic mass is 10.0. The largest absolute Gasteiger partial charge is 0.363 e. The summed E-state index contributed by atoms with van der Waals surface area (Å²) in [6, 6.07) is 12.0. The minimum Gasteiger partial charge on any atom is -0.363 e. The summed E-state index contributed by atoms with van der Waals surface area (Å²) in [4.78, 5) is 24.3. The van der Waals surface area contributed by atoms with Crippen LogP contribution in [-0.4, -0.2) is 43.0 Å². The molecule has 0 amide bonds. The van der Waals surface area contributed by atoms with Gasteiger partial charge in [0.25, 0.3) is 0 Å². The highest BCUT2D eigenvalue weighted by Gasteiger charge is 2.18. The zero-order chi connectivity index (χ0) is 21.7. The molecule has 0 saturated carbocycles. The number of pyridine rings is 2. The summed E-state index contributed by atoms with van der Waals surface area (Å²) in [6.45, 7) is 2.68. The number of fused-ring (bicyclic) bond motifs is 3. The van der Waals surface area contributed by atoms with Crippen molar-refractivity contribution in [2.75, 3.05) is 19.0 Å². The highest BCUT2D eigenvalue weighted by molar-refractivity contribution is 6.04. The molecule has 0 unspecified atom stereocenters. The van der Waals surface area contributed by atoms with Gasteiger partial charge in [-0.05, 0) is 36.8 Å². The van der Waals surface area contributed by atoms with Crippen molar-refractivity contribution >= 4 is 27.8 Å². The number of rotatable bonds is 4. The number of aromatic nitrogens is 6. The minimum atomic E-state index is -0.123.